The molecule has 0 unspecified atom stereocenters. The van der Waals surface area contributed by atoms with Crippen LogP contribution >= 0.6 is 0 Å². The summed E-state index contributed by atoms with van der Waals surface area (Å²) < 4.78 is 6.43. The lowest BCUT2D eigenvalue weighted by molar-refractivity contribution is -0.101. The molecule has 2 aliphatic heterocycles. The highest BCUT2D eigenvalue weighted by Crippen LogP contribution is 2.43. The van der Waals surface area contributed by atoms with Gasteiger partial charge in [0.15, 0.2) is 0 Å². The first-order chi connectivity index (χ1) is 13.2. The summed E-state index contributed by atoms with van der Waals surface area (Å²) in [5, 5.41) is 1.37. The molecule has 0 amide bonds. The van der Waals surface area contributed by atoms with Crippen LogP contribution in [0.4, 0.5) is 0 Å². The van der Waals surface area contributed by atoms with Gasteiger partial charge in [-0.05, 0) is 37.8 Å². The summed E-state index contributed by atoms with van der Waals surface area (Å²) in [6.07, 6.45) is 4.05. The van der Waals surface area contributed by atoms with Crippen LogP contribution in [0.15, 0.2) is 24.3 Å². The number of ether oxygens (including phenoxy) is 1. The molecule has 4 heterocycles. The molecule has 0 radical (unpaired) electrons. The second-order valence-corrected chi connectivity index (χ2v) is 8.00. The minimum Gasteiger partial charge on any atom is -0.368 e. The number of likely N-dealkylation sites (tertiary alicyclic amines) is 1. The lowest BCUT2D eigenvalue weighted by Gasteiger charge is -2.43. The van der Waals surface area contributed by atoms with Crippen molar-refractivity contribution in [3.05, 3.63) is 52.7 Å². The maximum Gasteiger partial charge on any atom is 0.110 e. The van der Waals surface area contributed by atoms with Crippen molar-refractivity contribution in [1.29, 1.82) is 0 Å². The molecule has 1 aromatic carbocycles. The first kappa shape index (κ1) is 17.0. The minimum absolute atomic E-state index is 0.141. The molecule has 1 fully saturated rings. The Labute approximate surface area is 160 Å². The van der Waals surface area contributed by atoms with Crippen LogP contribution in [0.2, 0.25) is 0 Å². The molecule has 2 N–H and O–H groups in total. The van der Waals surface area contributed by atoms with Gasteiger partial charge in [0.2, 0.25) is 0 Å². The Morgan fingerprint density at radius 1 is 1.19 bits per heavy atom. The number of para-hydroxylation sites is 1. The number of imidazole rings is 1. The van der Waals surface area contributed by atoms with Gasteiger partial charge in [0, 0.05) is 42.7 Å². The SMILES string of the molecule is CCc1nc(CN2CCC3(CC2)OCCc2c3[nH]c3ccccc23)c(C)[nH]1. The average molecular weight is 364 g/mol. The smallest absolute Gasteiger partial charge is 0.110 e. The summed E-state index contributed by atoms with van der Waals surface area (Å²) in [7, 11) is 0. The van der Waals surface area contributed by atoms with Crippen LogP contribution in [0.5, 0.6) is 0 Å². The van der Waals surface area contributed by atoms with E-state index in [1.165, 1.54) is 33.5 Å². The fourth-order valence-corrected chi connectivity index (χ4v) is 4.83. The Morgan fingerprint density at radius 2 is 2.00 bits per heavy atom. The number of fused-ring (bicyclic) bond motifs is 4. The van der Waals surface area contributed by atoms with Gasteiger partial charge < -0.3 is 14.7 Å². The predicted octanol–water partition coefficient (Wildman–Crippen LogP) is 3.83. The number of nitrogens with one attached hydrogen (secondary N) is 2. The van der Waals surface area contributed by atoms with Gasteiger partial charge in [-0.3, -0.25) is 4.90 Å². The third kappa shape index (κ3) is 2.80. The zero-order valence-corrected chi connectivity index (χ0v) is 16.3. The maximum absolute atomic E-state index is 6.43. The Bertz CT molecular complexity index is 962. The van der Waals surface area contributed by atoms with Crippen molar-refractivity contribution in [2.45, 2.75) is 51.7 Å². The molecule has 142 valence electrons. The van der Waals surface area contributed by atoms with Gasteiger partial charge >= 0.3 is 0 Å². The first-order valence-corrected chi connectivity index (χ1v) is 10.2. The molecule has 5 nitrogen and oxygen atoms in total. The van der Waals surface area contributed by atoms with Gasteiger partial charge in [-0.1, -0.05) is 25.1 Å². The van der Waals surface area contributed by atoms with Crippen molar-refractivity contribution in [2.24, 2.45) is 0 Å². The predicted molar refractivity (Wildman–Crippen MR) is 107 cm³/mol. The van der Waals surface area contributed by atoms with Gasteiger partial charge in [-0.25, -0.2) is 4.98 Å². The van der Waals surface area contributed by atoms with Gasteiger partial charge in [-0.15, -0.1) is 0 Å². The highest BCUT2D eigenvalue weighted by molar-refractivity contribution is 5.85. The van der Waals surface area contributed by atoms with Crippen LogP contribution in [-0.2, 0) is 29.7 Å². The standard InChI is InChI=1S/C22H28N4O/c1-3-20-23-15(2)19(24-20)14-26-11-9-22(10-12-26)21-17(8-13-27-22)16-6-4-5-7-18(16)25-21/h4-7,25H,3,8-14H2,1-2H3,(H,23,24). The summed E-state index contributed by atoms with van der Waals surface area (Å²) in [5.41, 5.74) is 6.31. The van der Waals surface area contributed by atoms with Crippen molar-refractivity contribution >= 4 is 10.9 Å². The lowest BCUT2D eigenvalue weighted by Crippen LogP contribution is -2.46. The molecule has 5 heteroatoms. The van der Waals surface area contributed by atoms with Crippen molar-refractivity contribution in [1.82, 2.24) is 19.9 Å². The van der Waals surface area contributed by atoms with Crippen LogP contribution < -0.4 is 0 Å². The van der Waals surface area contributed by atoms with E-state index in [1.54, 1.807) is 0 Å². The highest BCUT2D eigenvalue weighted by atomic mass is 16.5. The third-order valence-corrected chi connectivity index (χ3v) is 6.41. The minimum atomic E-state index is -0.141. The summed E-state index contributed by atoms with van der Waals surface area (Å²) in [5.74, 6) is 1.09. The van der Waals surface area contributed by atoms with Crippen molar-refractivity contribution in [2.75, 3.05) is 19.7 Å². The summed E-state index contributed by atoms with van der Waals surface area (Å²) >= 11 is 0. The molecular formula is C22H28N4O. The van der Waals surface area contributed by atoms with E-state index >= 15 is 0 Å². The van der Waals surface area contributed by atoms with E-state index in [0.29, 0.717) is 0 Å². The molecule has 1 saturated heterocycles. The first-order valence-electron chi connectivity index (χ1n) is 10.2. The quantitative estimate of drug-likeness (QED) is 0.743. The highest BCUT2D eigenvalue weighted by Gasteiger charge is 2.42. The number of rotatable bonds is 3. The number of H-pyrrole nitrogens is 2. The molecule has 2 aromatic heterocycles. The van der Waals surface area contributed by atoms with Crippen molar-refractivity contribution in [3.8, 4) is 0 Å². The second kappa shape index (κ2) is 6.50. The van der Waals surface area contributed by atoms with E-state index in [-0.39, 0.29) is 5.60 Å². The second-order valence-electron chi connectivity index (χ2n) is 8.00. The molecule has 3 aromatic rings. The molecule has 1 spiro atoms. The van der Waals surface area contributed by atoms with Crippen LogP contribution in [0.25, 0.3) is 10.9 Å². The van der Waals surface area contributed by atoms with Crippen LogP contribution in [0.1, 0.15) is 48.2 Å². The van der Waals surface area contributed by atoms with E-state index in [2.05, 4.69) is 53.0 Å². The van der Waals surface area contributed by atoms with E-state index in [9.17, 15) is 0 Å². The fourth-order valence-electron chi connectivity index (χ4n) is 4.83. The zero-order valence-electron chi connectivity index (χ0n) is 16.3. The van der Waals surface area contributed by atoms with E-state index in [0.717, 1.165) is 57.7 Å². The Balaban J connectivity index is 1.36. The van der Waals surface area contributed by atoms with Gasteiger partial charge in [0.05, 0.1) is 18.0 Å². The number of nitrogens with zero attached hydrogens (tertiary/aromatic N) is 2. The number of hydrogen-bond donors (Lipinski definition) is 2. The van der Waals surface area contributed by atoms with Crippen molar-refractivity contribution < 1.29 is 4.74 Å². The number of aryl methyl sites for hydroxylation is 2. The maximum atomic E-state index is 6.43. The third-order valence-electron chi connectivity index (χ3n) is 6.41. The molecule has 0 saturated carbocycles. The number of benzene rings is 1. The zero-order chi connectivity index (χ0) is 18.4. The Morgan fingerprint density at radius 3 is 2.78 bits per heavy atom. The number of piperidine rings is 1. The topological polar surface area (TPSA) is 56.9 Å². The van der Waals surface area contributed by atoms with Crippen molar-refractivity contribution in [3.63, 3.8) is 0 Å². The number of aromatic nitrogens is 3. The van der Waals surface area contributed by atoms with Gasteiger partial charge in [0.25, 0.3) is 0 Å². The molecule has 0 aliphatic carbocycles. The lowest BCUT2D eigenvalue weighted by atomic mass is 9.83. The normalized spacial score (nSPS) is 19.6. The van der Waals surface area contributed by atoms with Gasteiger partial charge in [-0.2, -0.15) is 0 Å². The van der Waals surface area contributed by atoms with Crippen LogP contribution in [-0.4, -0.2) is 39.5 Å². The van der Waals surface area contributed by atoms with Gasteiger partial charge in [0.1, 0.15) is 11.4 Å². The molecule has 27 heavy (non-hydrogen) atoms. The average Bonchev–Trinajstić information content (AvgIpc) is 3.25. The van der Waals surface area contributed by atoms with E-state index in [4.69, 9.17) is 9.72 Å². The number of aromatic amines is 2. The largest absolute Gasteiger partial charge is 0.368 e. The monoisotopic (exact) mass is 364 g/mol. The van der Waals surface area contributed by atoms with E-state index in [1.807, 2.05) is 0 Å². The summed E-state index contributed by atoms with van der Waals surface area (Å²) in [4.78, 5) is 14.4. The summed E-state index contributed by atoms with van der Waals surface area (Å²) in [6.45, 7) is 8.12. The van der Waals surface area contributed by atoms with Crippen LogP contribution in [0.3, 0.4) is 0 Å². The van der Waals surface area contributed by atoms with Crippen LogP contribution in [0, 0.1) is 6.92 Å². The molecule has 5 rings (SSSR count). The molecule has 2 aliphatic rings. The fraction of sp³-hybridized carbons (Fsp3) is 0.500. The Hall–Kier alpha value is -2.11. The molecule has 0 bridgehead atoms. The Kier molecular flexibility index (Phi) is 4.10. The van der Waals surface area contributed by atoms with E-state index < -0.39 is 0 Å². The molecule has 0 atom stereocenters. The summed E-state index contributed by atoms with van der Waals surface area (Å²) in [6, 6.07) is 8.67. The number of hydrogen-bond acceptors (Lipinski definition) is 3. The molecular weight excluding hydrogens is 336 g/mol.